The van der Waals surface area contributed by atoms with E-state index in [-0.39, 0.29) is 15.5 Å². The third-order valence-corrected chi connectivity index (χ3v) is 7.05. The van der Waals surface area contributed by atoms with Crippen molar-refractivity contribution in [3.8, 4) is 0 Å². The summed E-state index contributed by atoms with van der Waals surface area (Å²) in [5.74, 6) is 0.220. The van der Waals surface area contributed by atoms with Crippen molar-refractivity contribution in [2.45, 2.75) is 30.9 Å². The Kier molecular flexibility index (Phi) is 5.02. The minimum atomic E-state index is -3.48. The van der Waals surface area contributed by atoms with Gasteiger partial charge in [0.05, 0.1) is 23.9 Å². The molecule has 2 heterocycles. The fraction of sp³-hybridized carbons (Fsp3) is 0.526. The van der Waals surface area contributed by atoms with E-state index in [4.69, 9.17) is 21.1 Å². The van der Waals surface area contributed by atoms with Gasteiger partial charge in [-0.05, 0) is 43.4 Å². The molecule has 9 heteroatoms. The van der Waals surface area contributed by atoms with Crippen LogP contribution in [0.4, 0.5) is 4.39 Å². The van der Waals surface area contributed by atoms with E-state index in [0.717, 1.165) is 32.3 Å². The molecule has 6 nitrogen and oxygen atoms in total. The molecule has 1 aliphatic heterocycles. The van der Waals surface area contributed by atoms with Gasteiger partial charge in [-0.2, -0.15) is 0 Å². The van der Waals surface area contributed by atoms with Crippen molar-refractivity contribution in [2.75, 3.05) is 26.1 Å². The number of aromatic amines is 1. The molecule has 2 aliphatic rings. The fourth-order valence-electron chi connectivity index (χ4n) is 3.95. The van der Waals surface area contributed by atoms with Crippen molar-refractivity contribution in [1.82, 2.24) is 9.97 Å². The minimum absolute atomic E-state index is 0.0172. The maximum Gasteiger partial charge on any atom is 0.194 e. The molecule has 0 radical (unpaired) electrons. The van der Waals surface area contributed by atoms with E-state index >= 15 is 0 Å². The van der Waals surface area contributed by atoms with Crippen LogP contribution in [0.1, 0.15) is 36.0 Å². The zero-order valence-electron chi connectivity index (χ0n) is 15.7. The lowest BCUT2D eigenvalue weighted by Gasteiger charge is -2.18. The third-order valence-electron chi connectivity index (χ3n) is 5.66. The van der Waals surface area contributed by atoms with Crippen molar-refractivity contribution in [3.05, 3.63) is 46.1 Å². The van der Waals surface area contributed by atoms with E-state index in [1.165, 1.54) is 12.1 Å². The van der Waals surface area contributed by atoms with Gasteiger partial charge in [0.1, 0.15) is 17.7 Å². The molecule has 0 amide bonds. The van der Waals surface area contributed by atoms with Crippen LogP contribution in [0.15, 0.2) is 23.2 Å². The molecule has 152 valence electrons. The number of aromatic nitrogens is 2. The number of aryl methyl sites for hydroxylation is 1. The molecule has 2 fully saturated rings. The molecule has 1 saturated heterocycles. The van der Waals surface area contributed by atoms with Gasteiger partial charge in [-0.15, -0.1) is 0 Å². The van der Waals surface area contributed by atoms with E-state index in [1.807, 2.05) is 0 Å². The van der Waals surface area contributed by atoms with Crippen molar-refractivity contribution < 1.29 is 22.3 Å². The van der Waals surface area contributed by atoms with E-state index in [9.17, 15) is 12.8 Å². The summed E-state index contributed by atoms with van der Waals surface area (Å²) in [5, 5.41) is -0.0406. The SMILES string of the molecule is Cc1[nH]c(C(OCC2CC23CCOC3)c2ccc(F)c(Cl)c2)nc1S(C)(=O)=O. The first-order valence-corrected chi connectivity index (χ1v) is 11.4. The molecule has 1 aromatic heterocycles. The number of ether oxygens (including phenoxy) is 2. The first-order chi connectivity index (χ1) is 13.2. The van der Waals surface area contributed by atoms with E-state index < -0.39 is 21.8 Å². The van der Waals surface area contributed by atoms with Crippen LogP contribution in [0.5, 0.6) is 0 Å². The second-order valence-corrected chi connectivity index (χ2v) is 10.1. The number of hydrogen-bond donors (Lipinski definition) is 1. The maximum absolute atomic E-state index is 13.6. The summed E-state index contributed by atoms with van der Waals surface area (Å²) in [6, 6.07) is 4.33. The van der Waals surface area contributed by atoms with Gasteiger partial charge in [-0.25, -0.2) is 17.8 Å². The Morgan fingerprint density at radius 3 is 2.89 bits per heavy atom. The lowest BCUT2D eigenvalue weighted by atomic mass is 10.0. The fourth-order valence-corrected chi connectivity index (χ4v) is 5.01. The van der Waals surface area contributed by atoms with Gasteiger partial charge in [0.15, 0.2) is 14.9 Å². The lowest BCUT2D eigenvalue weighted by Crippen LogP contribution is -2.14. The smallest absolute Gasteiger partial charge is 0.194 e. The second kappa shape index (κ2) is 7.09. The molecular formula is C19H22ClFN2O4S. The average molecular weight is 429 g/mol. The molecule has 1 aliphatic carbocycles. The molecule has 1 saturated carbocycles. The van der Waals surface area contributed by atoms with Crippen molar-refractivity contribution in [2.24, 2.45) is 11.3 Å². The Morgan fingerprint density at radius 1 is 1.50 bits per heavy atom. The number of hydrogen-bond acceptors (Lipinski definition) is 5. The Hall–Kier alpha value is -1.48. The number of H-pyrrole nitrogens is 1. The van der Waals surface area contributed by atoms with Crippen molar-refractivity contribution in [3.63, 3.8) is 0 Å². The highest BCUT2D eigenvalue weighted by Crippen LogP contribution is 2.58. The van der Waals surface area contributed by atoms with Crippen molar-refractivity contribution in [1.29, 1.82) is 0 Å². The monoisotopic (exact) mass is 428 g/mol. The number of imidazole rings is 1. The normalized spacial score (nSPS) is 25.4. The van der Waals surface area contributed by atoms with Crippen LogP contribution in [0, 0.1) is 24.1 Å². The molecule has 28 heavy (non-hydrogen) atoms. The number of rotatable bonds is 6. The number of nitrogens with one attached hydrogen (secondary N) is 1. The molecule has 0 bridgehead atoms. The Bertz CT molecular complexity index is 1000. The Balaban J connectivity index is 1.62. The summed E-state index contributed by atoms with van der Waals surface area (Å²) in [4.78, 5) is 7.28. The van der Waals surface area contributed by atoms with Gasteiger partial charge >= 0.3 is 0 Å². The highest BCUT2D eigenvalue weighted by molar-refractivity contribution is 7.90. The zero-order valence-corrected chi connectivity index (χ0v) is 17.2. The number of halogens is 2. The second-order valence-electron chi connectivity index (χ2n) is 7.78. The van der Waals surface area contributed by atoms with Crippen LogP contribution in [0.3, 0.4) is 0 Å². The molecule has 3 unspecified atom stereocenters. The van der Waals surface area contributed by atoms with Gasteiger partial charge < -0.3 is 14.5 Å². The van der Waals surface area contributed by atoms with Crippen LogP contribution >= 0.6 is 11.6 Å². The summed E-state index contributed by atoms with van der Waals surface area (Å²) in [6.07, 6.45) is 2.52. The zero-order chi connectivity index (χ0) is 20.1. The number of nitrogens with zero attached hydrogens (tertiary/aromatic N) is 1. The van der Waals surface area contributed by atoms with Gasteiger partial charge in [0, 0.05) is 18.3 Å². The Labute approximate surface area is 168 Å². The summed E-state index contributed by atoms with van der Waals surface area (Å²) >= 11 is 5.95. The summed E-state index contributed by atoms with van der Waals surface area (Å²) in [5.41, 5.74) is 1.26. The molecule has 1 aromatic carbocycles. The van der Waals surface area contributed by atoms with E-state index in [2.05, 4.69) is 9.97 Å². The molecule has 4 rings (SSSR count). The van der Waals surface area contributed by atoms with Gasteiger partial charge in [-0.3, -0.25) is 0 Å². The van der Waals surface area contributed by atoms with Crippen LogP contribution in [0.25, 0.3) is 0 Å². The number of benzene rings is 1. The molecule has 2 aromatic rings. The van der Waals surface area contributed by atoms with Crippen LogP contribution in [0.2, 0.25) is 5.02 Å². The Morgan fingerprint density at radius 2 is 2.29 bits per heavy atom. The summed E-state index contributed by atoms with van der Waals surface area (Å²) in [6.45, 7) is 3.67. The van der Waals surface area contributed by atoms with Crippen molar-refractivity contribution >= 4 is 21.4 Å². The predicted molar refractivity (Wildman–Crippen MR) is 102 cm³/mol. The van der Waals surface area contributed by atoms with E-state index in [0.29, 0.717) is 29.6 Å². The van der Waals surface area contributed by atoms with Gasteiger partial charge in [-0.1, -0.05) is 17.7 Å². The van der Waals surface area contributed by atoms with Gasteiger partial charge in [0.25, 0.3) is 0 Å². The first-order valence-electron chi connectivity index (χ1n) is 9.10. The third kappa shape index (κ3) is 3.70. The standard InChI is InChI=1S/C19H22ClFN2O4S/c1-11-18(28(2,24)25)23-17(22-11)16(12-3-4-15(21)14(20)7-12)27-9-13-8-19(13)5-6-26-10-19/h3-4,7,13,16H,5-6,8-10H2,1-2H3,(H,22,23). The molecular weight excluding hydrogens is 407 g/mol. The molecule has 1 spiro atoms. The number of sulfone groups is 1. The van der Waals surface area contributed by atoms with E-state index in [1.54, 1.807) is 13.0 Å². The molecule has 3 atom stereocenters. The summed E-state index contributed by atoms with van der Waals surface area (Å²) in [7, 11) is -3.48. The van der Waals surface area contributed by atoms with Crippen LogP contribution in [-0.4, -0.2) is 44.5 Å². The topological polar surface area (TPSA) is 81.3 Å². The van der Waals surface area contributed by atoms with Gasteiger partial charge in [0.2, 0.25) is 0 Å². The highest BCUT2D eigenvalue weighted by Gasteiger charge is 2.56. The van der Waals surface area contributed by atoms with Crippen LogP contribution < -0.4 is 0 Å². The first kappa shape index (κ1) is 19.8. The molecule has 1 N–H and O–H groups in total. The van der Waals surface area contributed by atoms with Crippen LogP contribution in [-0.2, 0) is 19.3 Å². The average Bonchev–Trinajstić information content (AvgIpc) is 2.93. The highest BCUT2D eigenvalue weighted by atomic mass is 35.5. The minimum Gasteiger partial charge on any atom is -0.381 e. The maximum atomic E-state index is 13.6. The quantitative estimate of drug-likeness (QED) is 0.762. The predicted octanol–water partition coefficient (Wildman–Crippen LogP) is 3.45. The largest absolute Gasteiger partial charge is 0.381 e. The lowest BCUT2D eigenvalue weighted by molar-refractivity contribution is 0.0573. The summed E-state index contributed by atoms with van der Waals surface area (Å²) < 4.78 is 49.2.